The SMILES string of the molecule is N#Cc1cc(Br)cc(Cl)c1N1C(N)=NC(N)=NC12CCCCC2. The van der Waals surface area contributed by atoms with Crippen molar-refractivity contribution in [2.75, 3.05) is 4.90 Å². The number of benzene rings is 1. The van der Waals surface area contributed by atoms with Crippen molar-refractivity contribution in [1.82, 2.24) is 0 Å². The number of guanidine groups is 2. The monoisotopic (exact) mass is 394 g/mol. The molecule has 4 N–H and O–H groups in total. The fourth-order valence-corrected chi connectivity index (χ4v) is 4.22. The molecule has 1 aliphatic heterocycles. The van der Waals surface area contributed by atoms with Crippen molar-refractivity contribution >= 4 is 45.1 Å². The molecule has 2 aliphatic rings. The molecule has 1 heterocycles. The highest BCUT2D eigenvalue weighted by Gasteiger charge is 2.44. The van der Waals surface area contributed by atoms with Crippen LogP contribution < -0.4 is 16.4 Å². The molecule has 23 heavy (non-hydrogen) atoms. The number of nitrogens with zero attached hydrogens (tertiary/aromatic N) is 4. The number of hydrogen-bond donors (Lipinski definition) is 2. The Hall–Kier alpha value is -1.78. The molecule has 0 radical (unpaired) electrons. The van der Waals surface area contributed by atoms with Gasteiger partial charge >= 0.3 is 0 Å². The molecular formula is C15H16BrClN6. The van der Waals surface area contributed by atoms with Crippen LogP contribution >= 0.6 is 27.5 Å². The number of hydrogen-bond acceptors (Lipinski definition) is 6. The molecule has 1 aromatic carbocycles. The van der Waals surface area contributed by atoms with Crippen LogP contribution in [0.2, 0.25) is 5.02 Å². The molecule has 0 aromatic heterocycles. The fraction of sp³-hybridized carbons (Fsp3) is 0.400. The molecule has 0 saturated heterocycles. The van der Waals surface area contributed by atoms with E-state index in [0.29, 0.717) is 16.3 Å². The quantitative estimate of drug-likeness (QED) is 0.762. The maximum atomic E-state index is 9.53. The van der Waals surface area contributed by atoms with E-state index in [2.05, 4.69) is 32.0 Å². The summed E-state index contributed by atoms with van der Waals surface area (Å²) in [5, 5.41) is 9.95. The van der Waals surface area contributed by atoms with Gasteiger partial charge in [0.2, 0.25) is 11.9 Å². The van der Waals surface area contributed by atoms with Crippen molar-refractivity contribution < 1.29 is 0 Å². The summed E-state index contributed by atoms with van der Waals surface area (Å²) < 4.78 is 0.732. The van der Waals surface area contributed by atoms with E-state index in [4.69, 9.17) is 23.1 Å². The highest BCUT2D eigenvalue weighted by atomic mass is 79.9. The molecule has 1 aliphatic carbocycles. The van der Waals surface area contributed by atoms with Gasteiger partial charge in [0, 0.05) is 4.47 Å². The lowest BCUT2D eigenvalue weighted by molar-refractivity contribution is 0.305. The Labute approximate surface area is 147 Å². The number of nitrogens with two attached hydrogens (primary N) is 2. The fourth-order valence-electron chi connectivity index (χ4n) is 3.32. The van der Waals surface area contributed by atoms with Crippen molar-refractivity contribution in [3.8, 4) is 6.07 Å². The Bertz CT molecular complexity index is 745. The topological polar surface area (TPSA) is 104 Å². The predicted octanol–water partition coefficient (Wildman–Crippen LogP) is 3.08. The normalized spacial score (nSPS) is 20.0. The van der Waals surface area contributed by atoms with Crippen LogP contribution in [0.3, 0.4) is 0 Å². The van der Waals surface area contributed by atoms with Gasteiger partial charge in [0.1, 0.15) is 11.7 Å². The summed E-state index contributed by atoms with van der Waals surface area (Å²) in [7, 11) is 0. The average Bonchev–Trinajstić information content (AvgIpc) is 2.49. The minimum absolute atomic E-state index is 0.174. The molecule has 1 aromatic rings. The summed E-state index contributed by atoms with van der Waals surface area (Å²) in [4.78, 5) is 10.5. The molecule has 1 spiro atoms. The summed E-state index contributed by atoms with van der Waals surface area (Å²) in [5.74, 6) is 0.396. The van der Waals surface area contributed by atoms with Crippen LogP contribution in [0, 0.1) is 11.3 Å². The van der Waals surface area contributed by atoms with Crippen molar-refractivity contribution in [2.45, 2.75) is 37.8 Å². The van der Waals surface area contributed by atoms with Crippen LogP contribution in [-0.4, -0.2) is 17.6 Å². The minimum atomic E-state index is -0.614. The molecule has 120 valence electrons. The Balaban J connectivity index is 2.21. The largest absolute Gasteiger partial charge is 0.369 e. The zero-order valence-corrected chi connectivity index (χ0v) is 14.7. The highest BCUT2D eigenvalue weighted by Crippen LogP contribution is 2.43. The molecule has 8 heteroatoms. The Morgan fingerprint density at radius 1 is 1.26 bits per heavy atom. The van der Waals surface area contributed by atoms with E-state index in [1.165, 1.54) is 0 Å². The summed E-state index contributed by atoms with van der Waals surface area (Å²) in [5.41, 5.74) is 12.4. The van der Waals surface area contributed by atoms with Gasteiger partial charge in [-0.15, -0.1) is 0 Å². The van der Waals surface area contributed by atoms with Gasteiger partial charge in [-0.05, 0) is 37.8 Å². The van der Waals surface area contributed by atoms with Crippen LogP contribution in [0.5, 0.6) is 0 Å². The first kappa shape index (κ1) is 16.1. The van der Waals surface area contributed by atoms with Gasteiger partial charge in [0.15, 0.2) is 0 Å². The molecule has 1 saturated carbocycles. The Kier molecular flexibility index (Phi) is 4.21. The molecule has 6 nitrogen and oxygen atoms in total. The molecule has 3 rings (SSSR count). The molecule has 0 amide bonds. The molecule has 1 fully saturated rings. The third-order valence-corrected chi connectivity index (χ3v) is 4.97. The predicted molar refractivity (Wildman–Crippen MR) is 95.4 cm³/mol. The van der Waals surface area contributed by atoms with E-state index in [9.17, 15) is 5.26 Å². The Morgan fingerprint density at radius 3 is 2.61 bits per heavy atom. The van der Waals surface area contributed by atoms with Crippen molar-refractivity contribution in [2.24, 2.45) is 21.5 Å². The van der Waals surface area contributed by atoms with Crippen molar-refractivity contribution in [3.05, 3.63) is 27.2 Å². The van der Waals surface area contributed by atoms with Crippen LogP contribution in [0.4, 0.5) is 5.69 Å². The van der Waals surface area contributed by atoms with Gasteiger partial charge in [-0.3, -0.25) is 4.90 Å². The summed E-state index contributed by atoms with van der Waals surface area (Å²) in [6.45, 7) is 0. The first-order chi connectivity index (χ1) is 11.0. The maximum Gasteiger partial charge on any atom is 0.220 e. The van der Waals surface area contributed by atoms with Crippen LogP contribution in [0.15, 0.2) is 26.6 Å². The zero-order chi connectivity index (χ0) is 16.6. The van der Waals surface area contributed by atoms with Gasteiger partial charge < -0.3 is 11.5 Å². The summed E-state index contributed by atoms with van der Waals surface area (Å²) in [6.07, 6.45) is 4.75. The van der Waals surface area contributed by atoms with Gasteiger partial charge in [0.25, 0.3) is 0 Å². The van der Waals surface area contributed by atoms with E-state index in [1.807, 2.05) is 0 Å². The van der Waals surface area contributed by atoms with Gasteiger partial charge in [-0.25, -0.2) is 4.99 Å². The second-order valence-electron chi connectivity index (χ2n) is 5.71. The number of rotatable bonds is 1. The molecule has 0 unspecified atom stereocenters. The van der Waals surface area contributed by atoms with E-state index >= 15 is 0 Å². The summed E-state index contributed by atoms with van der Waals surface area (Å²) >= 11 is 9.80. The number of halogens is 2. The third kappa shape index (κ3) is 2.77. The first-order valence-electron chi connectivity index (χ1n) is 7.36. The molecule has 0 atom stereocenters. The third-order valence-electron chi connectivity index (χ3n) is 4.22. The minimum Gasteiger partial charge on any atom is -0.369 e. The van der Waals surface area contributed by atoms with Gasteiger partial charge in [-0.1, -0.05) is 34.0 Å². The smallest absolute Gasteiger partial charge is 0.220 e. The maximum absolute atomic E-state index is 9.53. The van der Waals surface area contributed by atoms with E-state index in [1.54, 1.807) is 17.0 Å². The Morgan fingerprint density at radius 2 is 1.96 bits per heavy atom. The lowest BCUT2D eigenvalue weighted by Crippen LogP contribution is -2.58. The first-order valence-corrected chi connectivity index (χ1v) is 8.53. The van der Waals surface area contributed by atoms with Crippen molar-refractivity contribution in [3.63, 3.8) is 0 Å². The van der Waals surface area contributed by atoms with Crippen molar-refractivity contribution in [1.29, 1.82) is 5.26 Å². The van der Waals surface area contributed by atoms with Gasteiger partial charge in [0.05, 0.1) is 16.3 Å². The number of nitriles is 1. The van der Waals surface area contributed by atoms with E-state index < -0.39 is 5.66 Å². The van der Waals surface area contributed by atoms with E-state index in [-0.39, 0.29) is 11.9 Å². The average molecular weight is 396 g/mol. The lowest BCUT2D eigenvalue weighted by Gasteiger charge is -2.46. The summed E-state index contributed by atoms with van der Waals surface area (Å²) in [6, 6.07) is 5.64. The lowest BCUT2D eigenvalue weighted by atomic mass is 9.87. The molecular weight excluding hydrogens is 380 g/mol. The molecule has 0 bridgehead atoms. The van der Waals surface area contributed by atoms with E-state index in [0.717, 1.165) is 36.6 Å². The highest BCUT2D eigenvalue weighted by molar-refractivity contribution is 9.10. The van der Waals surface area contributed by atoms with Gasteiger partial charge in [-0.2, -0.15) is 10.3 Å². The van der Waals surface area contributed by atoms with Crippen LogP contribution in [-0.2, 0) is 0 Å². The second-order valence-corrected chi connectivity index (χ2v) is 7.04. The second kappa shape index (κ2) is 6.02. The standard InChI is InChI=1S/C15H16BrClN6/c16-10-6-9(8-18)12(11(17)7-10)23-14(20)21-13(19)22-15(23)4-2-1-3-5-15/h6-7H,1-5H2,(H4,19,20,21,22). The number of aliphatic imine (C=N–C) groups is 2. The zero-order valence-electron chi connectivity index (χ0n) is 12.4. The van der Waals surface area contributed by atoms with Crippen LogP contribution in [0.25, 0.3) is 0 Å². The van der Waals surface area contributed by atoms with Crippen LogP contribution in [0.1, 0.15) is 37.7 Å². The number of anilines is 1.